The maximum absolute atomic E-state index is 12.1. The average Bonchev–Trinajstić information content (AvgIpc) is 2.97. The van der Waals surface area contributed by atoms with Gasteiger partial charge in [0.05, 0.1) is 19.1 Å². The summed E-state index contributed by atoms with van der Waals surface area (Å²) in [5.41, 5.74) is 4.43. The molecule has 0 saturated carbocycles. The Labute approximate surface area is 134 Å². The Hall–Kier alpha value is -2.16. The van der Waals surface area contributed by atoms with Crippen LogP contribution in [0.4, 0.5) is 0 Å². The highest BCUT2D eigenvalue weighted by Gasteiger charge is 2.33. The highest BCUT2D eigenvalue weighted by Crippen LogP contribution is 2.14. The van der Waals surface area contributed by atoms with Crippen LogP contribution >= 0.6 is 0 Å². The number of nitrogens with zero attached hydrogens (tertiary/aromatic N) is 1. The molecule has 0 bridgehead atoms. The minimum Gasteiger partial charge on any atom is -0.465 e. The summed E-state index contributed by atoms with van der Waals surface area (Å²) >= 11 is 0. The SMILES string of the molecule is CCCCC[C@H](CN(O)C=O)C(=O)NNC(=O)C1CCOC1=O. The van der Waals surface area contributed by atoms with Crippen molar-refractivity contribution >= 4 is 24.2 Å². The first kappa shape index (κ1) is 18.9. The number of carbonyl (C=O) groups is 4. The quantitative estimate of drug-likeness (QED) is 0.134. The van der Waals surface area contributed by atoms with Crippen molar-refractivity contribution in [3.63, 3.8) is 0 Å². The summed E-state index contributed by atoms with van der Waals surface area (Å²) in [5.74, 6) is -3.35. The molecule has 1 heterocycles. The molecule has 1 rings (SSSR count). The van der Waals surface area contributed by atoms with Crippen molar-refractivity contribution in [2.45, 2.75) is 39.0 Å². The lowest BCUT2D eigenvalue weighted by Gasteiger charge is -2.20. The van der Waals surface area contributed by atoms with E-state index in [1.165, 1.54) is 0 Å². The highest BCUT2D eigenvalue weighted by atomic mass is 16.5. The molecule has 9 heteroatoms. The largest absolute Gasteiger partial charge is 0.465 e. The summed E-state index contributed by atoms with van der Waals surface area (Å²) in [4.78, 5) is 45.6. The third-order valence-electron chi connectivity index (χ3n) is 3.62. The van der Waals surface area contributed by atoms with Gasteiger partial charge in [-0.1, -0.05) is 26.2 Å². The molecule has 3 amide bonds. The molecule has 1 aliphatic rings. The second kappa shape index (κ2) is 9.78. The van der Waals surface area contributed by atoms with Crippen LogP contribution in [0.5, 0.6) is 0 Å². The molecule has 2 atom stereocenters. The Morgan fingerprint density at radius 1 is 1.43 bits per heavy atom. The number of ether oxygens (including phenoxy) is 1. The van der Waals surface area contributed by atoms with Gasteiger partial charge in [-0.2, -0.15) is 0 Å². The smallest absolute Gasteiger partial charge is 0.318 e. The number of hydroxylamine groups is 2. The number of rotatable bonds is 9. The van der Waals surface area contributed by atoms with E-state index in [9.17, 15) is 24.4 Å². The fraction of sp³-hybridized carbons (Fsp3) is 0.714. The molecule has 0 aromatic carbocycles. The van der Waals surface area contributed by atoms with Gasteiger partial charge in [0, 0.05) is 6.42 Å². The molecule has 0 spiro atoms. The first-order valence-electron chi connectivity index (χ1n) is 7.66. The Bertz CT molecular complexity index is 442. The predicted octanol–water partition coefficient (Wildman–Crippen LogP) is -0.259. The molecule has 0 aromatic rings. The standard InChI is InChI=1S/C14H23N3O6/c1-2-3-4-5-10(8-17(22)9-18)12(19)15-16-13(20)11-6-7-23-14(11)21/h9-11,22H,2-8H2,1H3,(H,15,19)(H,16,20)/t10-,11?/m1/s1. The number of cyclic esters (lactones) is 1. The van der Waals surface area contributed by atoms with Crippen molar-refractivity contribution in [3.05, 3.63) is 0 Å². The minimum absolute atomic E-state index is 0.166. The van der Waals surface area contributed by atoms with Crippen LogP contribution in [-0.4, -0.2) is 47.6 Å². The number of esters is 1. The van der Waals surface area contributed by atoms with Gasteiger partial charge in [0.15, 0.2) is 0 Å². The molecular formula is C14H23N3O6. The van der Waals surface area contributed by atoms with Crippen molar-refractivity contribution in [2.75, 3.05) is 13.2 Å². The lowest BCUT2D eigenvalue weighted by Crippen LogP contribution is -2.49. The number of unbranched alkanes of at least 4 members (excludes halogenated alkanes) is 2. The van der Waals surface area contributed by atoms with Gasteiger partial charge in [-0.3, -0.25) is 35.2 Å². The Kier molecular flexibility index (Phi) is 8.03. The van der Waals surface area contributed by atoms with Crippen LogP contribution in [0.2, 0.25) is 0 Å². The third kappa shape index (κ3) is 6.23. The van der Waals surface area contributed by atoms with E-state index in [1.54, 1.807) is 0 Å². The zero-order valence-electron chi connectivity index (χ0n) is 13.1. The number of nitrogens with one attached hydrogen (secondary N) is 2. The lowest BCUT2D eigenvalue weighted by atomic mass is 10.0. The van der Waals surface area contributed by atoms with Gasteiger partial charge in [0.1, 0.15) is 5.92 Å². The first-order valence-corrected chi connectivity index (χ1v) is 7.66. The molecule has 1 aliphatic heterocycles. The van der Waals surface area contributed by atoms with Gasteiger partial charge in [-0.15, -0.1) is 0 Å². The minimum atomic E-state index is -0.918. The van der Waals surface area contributed by atoms with E-state index in [0.29, 0.717) is 11.5 Å². The molecule has 3 N–H and O–H groups in total. The van der Waals surface area contributed by atoms with E-state index in [2.05, 4.69) is 15.6 Å². The molecule has 0 radical (unpaired) electrons. The highest BCUT2D eigenvalue weighted by molar-refractivity contribution is 5.99. The van der Waals surface area contributed by atoms with E-state index < -0.39 is 29.6 Å². The van der Waals surface area contributed by atoms with Crippen LogP contribution in [0.1, 0.15) is 39.0 Å². The van der Waals surface area contributed by atoms with Gasteiger partial charge in [-0.05, 0) is 6.42 Å². The van der Waals surface area contributed by atoms with Gasteiger partial charge in [0.2, 0.25) is 12.3 Å². The van der Waals surface area contributed by atoms with Crippen molar-refractivity contribution in [3.8, 4) is 0 Å². The lowest BCUT2D eigenvalue weighted by molar-refractivity contribution is -0.155. The summed E-state index contributed by atoms with van der Waals surface area (Å²) in [7, 11) is 0. The molecule has 1 fully saturated rings. The van der Waals surface area contributed by atoms with E-state index >= 15 is 0 Å². The molecule has 130 valence electrons. The summed E-state index contributed by atoms with van der Waals surface area (Å²) in [6.45, 7) is 2.03. The second-order valence-corrected chi connectivity index (χ2v) is 5.41. The summed E-state index contributed by atoms with van der Waals surface area (Å²) in [6, 6.07) is 0. The van der Waals surface area contributed by atoms with E-state index in [4.69, 9.17) is 0 Å². The Morgan fingerprint density at radius 2 is 2.17 bits per heavy atom. The van der Waals surface area contributed by atoms with Crippen LogP contribution in [0.3, 0.4) is 0 Å². The monoisotopic (exact) mass is 329 g/mol. The van der Waals surface area contributed by atoms with E-state index in [1.807, 2.05) is 6.92 Å². The van der Waals surface area contributed by atoms with Gasteiger partial charge < -0.3 is 4.74 Å². The Balaban J connectivity index is 2.49. The van der Waals surface area contributed by atoms with Gasteiger partial charge in [-0.25, -0.2) is 5.06 Å². The fourth-order valence-corrected chi connectivity index (χ4v) is 2.26. The van der Waals surface area contributed by atoms with E-state index in [0.717, 1.165) is 19.3 Å². The number of carbonyl (C=O) groups excluding carboxylic acids is 4. The Morgan fingerprint density at radius 3 is 2.74 bits per heavy atom. The molecule has 23 heavy (non-hydrogen) atoms. The molecule has 9 nitrogen and oxygen atoms in total. The zero-order chi connectivity index (χ0) is 17.2. The van der Waals surface area contributed by atoms with Crippen LogP contribution in [-0.2, 0) is 23.9 Å². The van der Waals surface area contributed by atoms with Crippen molar-refractivity contribution in [2.24, 2.45) is 11.8 Å². The van der Waals surface area contributed by atoms with Gasteiger partial charge >= 0.3 is 5.97 Å². The van der Waals surface area contributed by atoms with Gasteiger partial charge in [0.25, 0.3) is 5.91 Å². The molecule has 0 aliphatic carbocycles. The van der Waals surface area contributed by atoms with Crippen molar-refractivity contribution in [1.29, 1.82) is 0 Å². The number of hydrogen-bond acceptors (Lipinski definition) is 6. The summed E-state index contributed by atoms with van der Waals surface area (Å²) < 4.78 is 4.68. The number of amides is 3. The molecule has 1 saturated heterocycles. The van der Waals surface area contributed by atoms with Crippen LogP contribution in [0, 0.1) is 11.8 Å². The maximum Gasteiger partial charge on any atom is 0.318 e. The average molecular weight is 329 g/mol. The topological polar surface area (TPSA) is 125 Å². The normalized spacial score (nSPS) is 18.0. The summed E-state index contributed by atoms with van der Waals surface area (Å²) in [5, 5.41) is 9.65. The maximum atomic E-state index is 12.1. The number of hydrogen-bond donors (Lipinski definition) is 3. The van der Waals surface area contributed by atoms with Crippen LogP contribution in [0.25, 0.3) is 0 Å². The van der Waals surface area contributed by atoms with E-state index in [-0.39, 0.29) is 26.0 Å². The third-order valence-corrected chi connectivity index (χ3v) is 3.62. The van der Waals surface area contributed by atoms with Crippen molar-refractivity contribution < 1.29 is 29.1 Å². The van der Waals surface area contributed by atoms with Crippen LogP contribution < -0.4 is 10.9 Å². The van der Waals surface area contributed by atoms with Crippen molar-refractivity contribution in [1.82, 2.24) is 15.9 Å². The first-order chi connectivity index (χ1) is 11.0. The predicted molar refractivity (Wildman–Crippen MR) is 77.5 cm³/mol. The molecule has 0 aromatic heterocycles. The fourth-order valence-electron chi connectivity index (χ4n) is 2.26. The van der Waals surface area contributed by atoms with Crippen LogP contribution in [0.15, 0.2) is 0 Å². The second-order valence-electron chi connectivity index (χ2n) is 5.41. The zero-order valence-corrected chi connectivity index (χ0v) is 13.1. The molecular weight excluding hydrogens is 306 g/mol. The summed E-state index contributed by atoms with van der Waals surface area (Å²) in [6.07, 6.45) is 3.58. The molecule has 1 unspecified atom stereocenters. The number of hydrazine groups is 1.